The zero-order valence-corrected chi connectivity index (χ0v) is 12.2. The number of piperidine rings is 1. The number of hydrogen-bond acceptors (Lipinski definition) is 3. The average molecular weight is 254 g/mol. The van der Waals surface area contributed by atoms with Crippen LogP contribution in [0.4, 0.5) is 0 Å². The Balaban J connectivity index is 1.63. The lowest BCUT2D eigenvalue weighted by molar-refractivity contribution is 0.0523. The molecular formula is C15H30N2O. The van der Waals surface area contributed by atoms with Crippen molar-refractivity contribution in [3.05, 3.63) is 0 Å². The first-order valence-corrected chi connectivity index (χ1v) is 7.83. The van der Waals surface area contributed by atoms with E-state index in [0.717, 1.165) is 31.6 Å². The summed E-state index contributed by atoms with van der Waals surface area (Å²) in [5.41, 5.74) is 0. The molecule has 0 amide bonds. The molecule has 2 saturated heterocycles. The van der Waals surface area contributed by atoms with Crippen molar-refractivity contribution in [2.24, 2.45) is 11.8 Å². The first-order chi connectivity index (χ1) is 8.79. The van der Waals surface area contributed by atoms with E-state index in [1.807, 2.05) is 0 Å². The molecule has 1 N–H and O–H groups in total. The van der Waals surface area contributed by atoms with E-state index < -0.39 is 0 Å². The van der Waals surface area contributed by atoms with E-state index in [4.69, 9.17) is 4.74 Å². The molecule has 0 aromatic rings. The predicted octanol–water partition coefficient (Wildman–Crippen LogP) is 2.12. The highest BCUT2D eigenvalue weighted by atomic mass is 16.5. The van der Waals surface area contributed by atoms with Gasteiger partial charge >= 0.3 is 0 Å². The van der Waals surface area contributed by atoms with E-state index in [9.17, 15) is 0 Å². The summed E-state index contributed by atoms with van der Waals surface area (Å²) in [6.45, 7) is 11.5. The number of likely N-dealkylation sites (tertiary alicyclic amines) is 1. The molecule has 2 atom stereocenters. The largest absolute Gasteiger partial charge is 0.381 e. The van der Waals surface area contributed by atoms with E-state index in [2.05, 4.69) is 24.1 Å². The summed E-state index contributed by atoms with van der Waals surface area (Å²) < 4.78 is 5.54. The smallest absolute Gasteiger partial charge is 0.0506 e. The van der Waals surface area contributed by atoms with E-state index in [1.54, 1.807) is 0 Å². The molecule has 106 valence electrons. The molecule has 2 fully saturated rings. The van der Waals surface area contributed by atoms with Crippen LogP contribution in [-0.2, 0) is 4.74 Å². The second-order valence-electron chi connectivity index (χ2n) is 6.05. The van der Waals surface area contributed by atoms with Gasteiger partial charge in [-0.15, -0.1) is 0 Å². The first kappa shape index (κ1) is 14.3. The molecule has 2 unspecified atom stereocenters. The van der Waals surface area contributed by atoms with E-state index in [1.165, 1.54) is 45.3 Å². The maximum absolute atomic E-state index is 5.54. The zero-order chi connectivity index (χ0) is 12.8. The molecule has 0 aliphatic carbocycles. The minimum absolute atomic E-state index is 0.672. The van der Waals surface area contributed by atoms with Gasteiger partial charge in [0.2, 0.25) is 0 Å². The van der Waals surface area contributed by atoms with Crippen LogP contribution in [0.2, 0.25) is 0 Å². The topological polar surface area (TPSA) is 24.5 Å². The molecular weight excluding hydrogens is 224 g/mol. The summed E-state index contributed by atoms with van der Waals surface area (Å²) >= 11 is 0. The van der Waals surface area contributed by atoms with Crippen LogP contribution in [0.3, 0.4) is 0 Å². The van der Waals surface area contributed by atoms with Crippen molar-refractivity contribution in [2.75, 3.05) is 39.4 Å². The lowest BCUT2D eigenvalue weighted by Crippen LogP contribution is -2.43. The van der Waals surface area contributed by atoms with Crippen molar-refractivity contribution >= 4 is 0 Å². The van der Waals surface area contributed by atoms with Gasteiger partial charge in [-0.2, -0.15) is 0 Å². The Morgan fingerprint density at radius 3 is 2.67 bits per heavy atom. The number of rotatable bonds is 5. The Labute approximate surface area is 112 Å². The Bertz CT molecular complexity index is 221. The van der Waals surface area contributed by atoms with Gasteiger partial charge in [-0.05, 0) is 64.1 Å². The fourth-order valence-electron chi connectivity index (χ4n) is 3.26. The normalized spacial score (nSPS) is 29.3. The van der Waals surface area contributed by atoms with Gasteiger partial charge in [0.25, 0.3) is 0 Å². The summed E-state index contributed by atoms with van der Waals surface area (Å²) in [4.78, 5) is 2.57. The number of nitrogens with zero attached hydrogens (tertiary/aromatic N) is 1. The van der Waals surface area contributed by atoms with E-state index in [-0.39, 0.29) is 0 Å². The fourth-order valence-corrected chi connectivity index (χ4v) is 3.26. The predicted molar refractivity (Wildman–Crippen MR) is 75.8 cm³/mol. The molecule has 3 heteroatoms. The molecule has 0 radical (unpaired) electrons. The van der Waals surface area contributed by atoms with Gasteiger partial charge in [0.15, 0.2) is 0 Å². The maximum Gasteiger partial charge on any atom is 0.0506 e. The second-order valence-corrected chi connectivity index (χ2v) is 6.05. The summed E-state index contributed by atoms with van der Waals surface area (Å²) in [6.07, 6.45) is 5.32. The number of hydrogen-bond donors (Lipinski definition) is 1. The van der Waals surface area contributed by atoms with Crippen LogP contribution < -0.4 is 5.32 Å². The lowest BCUT2D eigenvalue weighted by Gasteiger charge is -2.35. The maximum atomic E-state index is 5.54. The second kappa shape index (κ2) is 7.46. The molecule has 0 saturated carbocycles. The van der Waals surface area contributed by atoms with Crippen LogP contribution in [0.25, 0.3) is 0 Å². The van der Waals surface area contributed by atoms with Crippen molar-refractivity contribution in [1.29, 1.82) is 0 Å². The molecule has 18 heavy (non-hydrogen) atoms. The molecule has 2 aliphatic heterocycles. The van der Waals surface area contributed by atoms with Crippen molar-refractivity contribution in [3.63, 3.8) is 0 Å². The Morgan fingerprint density at radius 1 is 1.28 bits per heavy atom. The minimum atomic E-state index is 0.672. The van der Waals surface area contributed by atoms with Crippen LogP contribution in [0.5, 0.6) is 0 Å². The molecule has 2 heterocycles. The highest BCUT2D eigenvalue weighted by molar-refractivity contribution is 4.80. The van der Waals surface area contributed by atoms with E-state index >= 15 is 0 Å². The average Bonchev–Trinajstić information content (AvgIpc) is 2.46. The monoisotopic (exact) mass is 254 g/mol. The van der Waals surface area contributed by atoms with Crippen LogP contribution in [0.1, 0.15) is 39.5 Å². The van der Waals surface area contributed by atoms with Gasteiger partial charge in [-0.3, -0.25) is 0 Å². The molecule has 0 aromatic heterocycles. The van der Waals surface area contributed by atoms with Gasteiger partial charge in [0.05, 0.1) is 6.61 Å². The first-order valence-electron chi connectivity index (χ1n) is 7.83. The van der Waals surface area contributed by atoms with Crippen molar-refractivity contribution in [2.45, 2.75) is 45.6 Å². The molecule has 3 nitrogen and oxygen atoms in total. The van der Waals surface area contributed by atoms with Crippen LogP contribution in [0.15, 0.2) is 0 Å². The number of nitrogens with one attached hydrogen (secondary N) is 1. The van der Waals surface area contributed by atoms with Gasteiger partial charge in [-0.1, -0.05) is 6.92 Å². The molecule has 0 bridgehead atoms. The van der Waals surface area contributed by atoms with Gasteiger partial charge in [-0.25, -0.2) is 0 Å². The minimum Gasteiger partial charge on any atom is -0.381 e. The Morgan fingerprint density at radius 2 is 2.06 bits per heavy atom. The third kappa shape index (κ3) is 4.22. The Kier molecular flexibility index (Phi) is 5.93. The molecule has 0 aromatic carbocycles. The highest BCUT2D eigenvalue weighted by Gasteiger charge is 2.23. The molecule has 0 spiro atoms. The zero-order valence-electron chi connectivity index (χ0n) is 12.2. The van der Waals surface area contributed by atoms with Crippen LogP contribution >= 0.6 is 0 Å². The third-order valence-corrected chi connectivity index (χ3v) is 4.77. The SMILES string of the molecule is CCN1CCC(C(C)NCC2CCCOC2)CC1. The molecule has 2 aliphatic rings. The highest BCUT2D eigenvalue weighted by Crippen LogP contribution is 2.21. The summed E-state index contributed by atoms with van der Waals surface area (Å²) in [7, 11) is 0. The lowest BCUT2D eigenvalue weighted by atomic mass is 9.90. The quantitative estimate of drug-likeness (QED) is 0.813. The van der Waals surface area contributed by atoms with E-state index in [0.29, 0.717) is 6.04 Å². The molecule has 2 rings (SSSR count). The number of ether oxygens (including phenoxy) is 1. The van der Waals surface area contributed by atoms with Crippen LogP contribution in [0, 0.1) is 11.8 Å². The van der Waals surface area contributed by atoms with Gasteiger partial charge in [0.1, 0.15) is 0 Å². The van der Waals surface area contributed by atoms with Gasteiger partial charge < -0.3 is 15.0 Å². The van der Waals surface area contributed by atoms with Crippen LogP contribution in [-0.4, -0.2) is 50.3 Å². The standard InChI is InChI=1S/C15H30N2O/c1-3-17-8-6-15(7-9-17)13(2)16-11-14-5-4-10-18-12-14/h13-16H,3-12H2,1-2H3. The summed E-state index contributed by atoms with van der Waals surface area (Å²) in [6, 6.07) is 0.672. The van der Waals surface area contributed by atoms with Gasteiger partial charge in [0, 0.05) is 19.2 Å². The van der Waals surface area contributed by atoms with Crippen molar-refractivity contribution < 1.29 is 4.74 Å². The van der Waals surface area contributed by atoms with Crippen molar-refractivity contribution in [1.82, 2.24) is 10.2 Å². The summed E-state index contributed by atoms with van der Waals surface area (Å²) in [5.74, 6) is 1.62. The fraction of sp³-hybridized carbons (Fsp3) is 1.00. The third-order valence-electron chi connectivity index (χ3n) is 4.77. The summed E-state index contributed by atoms with van der Waals surface area (Å²) in [5, 5.41) is 3.76. The Hall–Kier alpha value is -0.120. The van der Waals surface area contributed by atoms with Crippen molar-refractivity contribution in [3.8, 4) is 0 Å².